The minimum atomic E-state index is -3.63. The molecule has 0 aliphatic carbocycles. The van der Waals surface area contributed by atoms with Crippen molar-refractivity contribution in [2.24, 2.45) is 0 Å². The number of aryl methyl sites for hydroxylation is 3. The highest BCUT2D eigenvalue weighted by molar-refractivity contribution is 7.92. The Morgan fingerprint density at radius 2 is 1.68 bits per heavy atom. The van der Waals surface area contributed by atoms with Gasteiger partial charge in [0.25, 0.3) is 10.0 Å². The number of nitrogens with one attached hydrogen (secondary N) is 1. The zero-order valence-corrected chi connectivity index (χ0v) is 15.3. The van der Waals surface area contributed by atoms with Crippen molar-refractivity contribution in [1.82, 2.24) is 9.78 Å². The Hall–Kier alpha value is -2.60. The molecule has 1 N–H and O–H groups in total. The van der Waals surface area contributed by atoms with Gasteiger partial charge < -0.3 is 0 Å². The van der Waals surface area contributed by atoms with Gasteiger partial charge in [0.15, 0.2) is 0 Å². The number of anilines is 1. The van der Waals surface area contributed by atoms with Crippen LogP contribution in [0.2, 0.25) is 0 Å². The molecule has 0 bridgehead atoms. The SMILES string of the molecule is Cc1ccc(Cn2cc(NS(=O)(=O)c3ccc(C)cc3C)cn2)cc1. The van der Waals surface area contributed by atoms with Crippen molar-refractivity contribution in [1.29, 1.82) is 0 Å². The van der Waals surface area contributed by atoms with Crippen LogP contribution < -0.4 is 4.72 Å². The molecule has 3 aromatic rings. The molecule has 2 aromatic carbocycles. The summed E-state index contributed by atoms with van der Waals surface area (Å²) in [7, 11) is -3.63. The summed E-state index contributed by atoms with van der Waals surface area (Å²) in [6.07, 6.45) is 3.22. The van der Waals surface area contributed by atoms with E-state index in [0.29, 0.717) is 12.2 Å². The van der Waals surface area contributed by atoms with Gasteiger partial charge in [0.05, 0.1) is 23.3 Å². The van der Waals surface area contributed by atoms with Gasteiger partial charge in [-0.1, -0.05) is 47.5 Å². The van der Waals surface area contributed by atoms with Crippen molar-refractivity contribution in [2.45, 2.75) is 32.2 Å². The number of sulfonamides is 1. The van der Waals surface area contributed by atoms with Crippen LogP contribution in [0.4, 0.5) is 5.69 Å². The van der Waals surface area contributed by atoms with E-state index in [1.807, 2.05) is 44.2 Å². The average molecular weight is 355 g/mol. The molecule has 130 valence electrons. The lowest BCUT2D eigenvalue weighted by Gasteiger charge is -2.09. The Morgan fingerprint density at radius 1 is 1.00 bits per heavy atom. The molecule has 1 heterocycles. The van der Waals surface area contributed by atoms with Crippen molar-refractivity contribution in [3.05, 3.63) is 77.1 Å². The monoisotopic (exact) mass is 355 g/mol. The van der Waals surface area contributed by atoms with E-state index in [-0.39, 0.29) is 4.90 Å². The van der Waals surface area contributed by atoms with Crippen molar-refractivity contribution in [3.8, 4) is 0 Å². The van der Waals surface area contributed by atoms with Crippen molar-refractivity contribution < 1.29 is 8.42 Å². The van der Waals surface area contributed by atoms with Crippen LogP contribution in [-0.4, -0.2) is 18.2 Å². The van der Waals surface area contributed by atoms with E-state index in [1.54, 1.807) is 29.9 Å². The minimum absolute atomic E-state index is 0.282. The summed E-state index contributed by atoms with van der Waals surface area (Å²) < 4.78 is 29.5. The maximum absolute atomic E-state index is 12.6. The number of aromatic nitrogens is 2. The zero-order chi connectivity index (χ0) is 18.0. The molecule has 0 fully saturated rings. The molecule has 6 heteroatoms. The molecule has 1 aromatic heterocycles. The van der Waals surface area contributed by atoms with Crippen molar-refractivity contribution in [3.63, 3.8) is 0 Å². The number of rotatable bonds is 5. The van der Waals surface area contributed by atoms with Crippen LogP contribution in [0.5, 0.6) is 0 Å². The normalized spacial score (nSPS) is 11.5. The van der Waals surface area contributed by atoms with Crippen LogP contribution >= 0.6 is 0 Å². The molecule has 0 aliphatic rings. The Labute approximate surface area is 148 Å². The van der Waals surface area contributed by atoms with Crippen LogP contribution in [-0.2, 0) is 16.6 Å². The lowest BCUT2D eigenvalue weighted by molar-refractivity contribution is 0.600. The third-order valence-corrected chi connectivity index (χ3v) is 5.51. The van der Waals surface area contributed by atoms with E-state index in [4.69, 9.17) is 0 Å². The van der Waals surface area contributed by atoms with Crippen LogP contribution in [0.1, 0.15) is 22.3 Å². The number of hydrogen-bond donors (Lipinski definition) is 1. The first-order chi connectivity index (χ1) is 11.8. The molecule has 25 heavy (non-hydrogen) atoms. The third kappa shape index (κ3) is 4.09. The summed E-state index contributed by atoms with van der Waals surface area (Å²) in [6.45, 7) is 6.36. The molecular formula is C19H21N3O2S. The van der Waals surface area contributed by atoms with Crippen LogP contribution in [0, 0.1) is 20.8 Å². The molecule has 5 nitrogen and oxygen atoms in total. The summed E-state index contributed by atoms with van der Waals surface area (Å²) in [4.78, 5) is 0.282. The molecule has 0 saturated heterocycles. The first-order valence-electron chi connectivity index (χ1n) is 8.01. The molecule has 0 atom stereocenters. The van der Waals surface area contributed by atoms with Crippen molar-refractivity contribution in [2.75, 3.05) is 4.72 Å². The van der Waals surface area contributed by atoms with Gasteiger partial charge in [-0.15, -0.1) is 0 Å². The van der Waals surface area contributed by atoms with Gasteiger partial charge in [-0.25, -0.2) is 8.42 Å². The zero-order valence-electron chi connectivity index (χ0n) is 14.5. The standard InChI is InChI=1S/C19H21N3O2S/c1-14-4-7-17(8-5-14)12-22-13-18(11-20-22)21-25(23,24)19-9-6-15(2)10-16(19)3/h4-11,13,21H,12H2,1-3H3. The Balaban J connectivity index is 1.77. The Morgan fingerprint density at radius 3 is 2.36 bits per heavy atom. The predicted molar refractivity (Wildman–Crippen MR) is 99.2 cm³/mol. The maximum atomic E-state index is 12.6. The smallest absolute Gasteiger partial charge is 0.262 e. The molecule has 0 aliphatic heterocycles. The molecule has 0 unspecified atom stereocenters. The van der Waals surface area contributed by atoms with Gasteiger partial charge in [0.2, 0.25) is 0 Å². The molecule has 0 radical (unpaired) electrons. The highest BCUT2D eigenvalue weighted by Crippen LogP contribution is 2.20. The van der Waals surface area contributed by atoms with Crippen LogP contribution in [0.25, 0.3) is 0 Å². The second kappa shape index (κ2) is 6.72. The molecular weight excluding hydrogens is 334 g/mol. The molecule has 0 saturated carbocycles. The summed E-state index contributed by atoms with van der Waals surface area (Å²) in [5.74, 6) is 0. The first-order valence-corrected chi connectivity index (χ1v) is 9.50. The van der Waals surface area contributed by atoms with E-state index in [9.17, 15) is 8.42 Å². The van der Waals surface area contributed by atoms with E-state index in [2.05, 4.69) is 9.82 Å². The Kier molecular flexibility index (Phi) is 4.63. The van der Waals surface area contributed by atoms with Crippen LogP contribution in [0.3, 0.4) is 0 Å². The van der Waals surface area contributed by atoms with Gasteiger partial charge >= 0.3 is 0 Å². The van der Waals surface area contributed by atoms with E-state index in [1.165, 1.54) is 11.8 Å². The van der Waals surface area contributed by atoms with Crippen molar-refractivity contribution >= 4 is 15.7 Å². The fraction of sp³-hybridized carbons (Fsp3) is 0.211. The lowest BCUT2D eigenvalue weighted by Crippen LogP contribution is -2.14. The van der Waals surface area contributed by atoms with Gasteiger partial charge in [0.1, 0.15) is 0 Å². The molecule has 0 amide bonds. The summed E-state index contributed by atoms with van der Waals surface area (Å²) in [6, 6.07) is 13.4. The second-order valence-corrected chi connectivity index (χ2v) is 7.94. The first kappa shape index (κ1) is 17.2. The topological polar surface area (TPSA) is 64.0 Å². The van der Waals surface area contributed by atoms with Gasteiger partial charge in [-0.2, -0.15) is 5.10 Å². The Bertz CT molecular complexity index is 990. The van der Waals surface area contributed by atoms with Gasteiger partial charge in [-0.3, -0.25) is 9.40 Å². The fourth-order valence-electron chi connectivity index (χ4n) is 2.69. The highest BCUT2D eigenvalue weighted by atomic mass is 32.2. The fourth-order valence-corrected chi connectivity index (χ4v) is 3.95. The number of benzene rings is 2. The maximum Gasteiger partial charge on any atom is 0.262 e. The van der Waals surface area contributed by atoms with Gasteiger partial charge in [-0.05, 0) is 38.0 Å². The number of hydrogen-bond acceptors (Lipinski definition) is 3. The lowest BCUT2D eigenvalue weighted by atomic mass is 10.1. The largest absolute Gasteiger partial charge is 0.276 e. The van der Waals surface area contributed by atoms with E-state index in [0.717, 1.165) is 16.7 Å². The average Bonchev–Trinajstić information content (AvgIpc) is 2.95. The third-order valence-electron chi connectivity index (χ3n) is 3.97. The summed E-state index contributed by atoms with van der Waals surface area (Å²) in [5, 5.41) is 4.24. The second-order valence-electron chi connectivity index (χ2n) is 6.29. The highest BCUT2D eigenvalue weighted by Gasteiger charge is 2.17. The quantitative estimate of drug-likeness (QED) is 0.760. The molecule has 0 spiro atoms. The van der Waals surface area contributed by atoms with Gasteiger partial charge in [0, 0.05) is 6.20 Å². The molecule has 3 rings (SSSR count). The minimum Gasteiger partial charge on any atom is -0.276 e. The number of nitrogens with zero attached hydrogens (tertiary/aromatic N) is 2. The predicted octanol–water partition coefficient (Wildman–Crippen LogP) is 3.66. The van der Waals surface area contributed by atoms with Crippen LogP contribution in [0.15, 0.2) is 59.8 Å². The summed E-state index contributed by atoms with van der Waals surface area (Å²) >= 11 is 0. The van der Waals surface area contributed by atoms with E-state index < -0.39 is 10.0 Å². The van der Waals surface area contributed by atoms with E-state index >= 15 is 0 Å². The summed E-state index contributed by atoms with van der Waals surface area (Å²) in [5.41, 5.74) is 4.51.